The van der Waals surface area contributed by atoms with Gasteiger partial charge in [-0.2, -0.15) is 5.10 Å². The largest absolute Gasteiger partial charge is 0.493 e. The summed E-state index contributed by atoms with van der Waals surface area (Å²) in [5.41, 5.74) is 1.37. The van der Waals surface area contributed by atoms with Crippen LogP contribution >= 0.6 is 0 Å². The first-order valence-corrected chi connectivity index (χ1v) is 7.43. The first-order chi connectivity index (χ1) is 11.2. The summed E-state index contributed by atoms with van der Waals surface area (Å²) >= 11 is 0. The number of nitrogens with zero attached hydrogens (tertiary/aromatic N) is 2. The van der Waals surface area contributed by atoms with E-state index in [1.165, 1.54) is 6.08 Å². The van der Waals surface area contributed by atoms with Gasteiger partial charge in [0.15, 0.2) is 17.3 Å². The normalized spacial score (nSPS) is 13.3. The lowest BCUT2D eigenvalue weighted by molar-refractivity contribution is 0.104. The van der Waals surface area contributed by atoms with E-state index in [2.05, 4.69) is 5.10 Å². The quantitative estimate of drug-likeness (QED) is 0.627. The number of carbonyl (C=O) groups excluding carboxylic acids is 1. The molecule has 0 N–H and O–H groups in total. The first-order valence-electron chi connectivity index (χ1n) is 7.43. The van der Waals surface area contributed by atoms with Crippen LogP contribution in [-0.2, 0) is 6.54 Å². The van der Waals surface area contributed by atoms with Crippen molar-refractivity contribution in [2.45, 2.75) is 13.5 Å². The van der Waals surface area contributed by atoms with Crippen LogP contribution in [0.5, 0.6) is 17.2 Å². The molecule has 0 spiro atoms. The fraction of sp³-hybridized carbons (Fsp3) is 0.294. The van der Waals surface area contributed by atoms with Crippen molar-refractivity contribution in [3.8, 4) is 17.2 Å². The zero-order valence-electron chi connectivity index (χ0n) is 13.1. The van der Waals surface area contributed by atoms with Crippen LogP contribution in [0.25, 0.3) is 6.08 Å². The maximum absolute atomic E-state index is 12.2. The first kappa shape index (κ1) is 15.1. The number of ether oxygens (including phenoxy) is 3. The van der Waals surface area contributed by atoms with Crippen LogP contribution in [0.1, 0.15) is 22.8 Å². The van der Waals surface area contributed by atoms with E-state index in [4.69, 9.17) is 14.2 Å². The van der Waals surface area contributed by atoms with E-state index >= 15 is 0 Å². The fourth-order valence-electron chi connectivity index (χ4n) is 2.32. The second-order valence-corrected chi connectivity index (χ2v) is 5.03. The Morgan fingerprint density at radius 2 is 2.22 bits per heavy atom. The maximum atomic E-state index is 12.2. The number of rotatable bonds is 5. The molecule has 1 aliphatic rings. The van der Waals surface area contributed by atoms with Crippen molar-refractivity contribution in [1.82, 2.24) is 9.78 Å². The highest BCUT2D eigenvalue weighted by Gasteiger charge is 2.17. The second-order valence-electron chi connectivity index (χ2n) is 5.03. The predicted octanol–water partition coefficient (Wildman–Crippen LogP) is 2.58. The van der Waals surface area contributed by atoms with Gasteiger partial charge >= 0.3 is 0 Å². The summed E-state index contributed by atoms with van der Waals surface area (Å²) in [7, 11) is 1.57. The van der Waals surface area contributed by atoms with E-state index in [0.717, 1.165) is 12.1 Å². The number of hydrogen-bond acceptors (Lipinski definition) is 5. The Morgan fingerprint density at radius 3 is 2.96 bits per heavy atom. The number of methoxy groups -OCH3 is 1. The molecular weight excluding hydrogens is 296 g/mol. The van der Waals surface area contributed by atoms with E-state index in [1.54, 1.807) is 30.3 Å². The van der Waals surface area contributed by atoms with Crippen LogP contribution in [-0.4, -0.2) is 35.9 Å². The highest BCUT2D eigenvalue weighted by Crippen LogP contribution is 2.40. The van der Waals surface area contributed by atoms with Crippen LogP contribution in [0.3, 0.4) is 0 Å². The van der Waals surface area contributed by atoms with Crippen molar-refractivity contribution in [3.63, 3.8) is 0 Å². The number of aryl methyl sites for hydroxylation is 1. The van der Waals surface area contributed by atoms with Crippen molar-refractivity contribution >= 4 is 11.9 Å². The van der Waals surface area contributed by atoms with Gasteiger partial charge in [0.1, 0.15) is 13.2 Å². The summed E-state index contributed by atoms with van der Waals surface area (Å²) in [4.78, 5) is 12.2. The number of carbonyl (C=O) groups is 1. The summed E-state index contributed by atoms with van der Waals surface area (Å²) in [5.74, 6) is 1.72. The molecule has 0 atom stereocenters. The predicted molar refractivity (Wildman–Crippen MR) is 85.2 cm³/mol. The molecular formula is C17H18N2O4. The van der Waals surface area contributed by atoms with Crippen molar-refractivity contribution in [2.75, 3.05) is 20.3 Å². The topological polar surface area (TPSA) is 62.6 Å². The molecule has 2 aromatic rings. The SMILES string of the molecule is CCn1cc(C(=O)/C=C/c2cc(OC)c3c(c2)OCCO3)cn1. The molecule has 23 heavy (non-hydrogen) atoms. The molecule has 1 aromatic heterocycles. The molecule has 0 fully saturated rings. The Bertz CT molecular complexity index is 732. The highest BCUT2D eigenvalue weighted by molar-refractivity contribution is 6.06. The number of hydrogen-bond donors (Lipinski definition) is 0. The lowest BCUT2D eigenvalue weighted by atomic mass is 10.1. The lowest BCUT2D eigenvalue weighted by Gasteiger charge is -2.20. The summed E-state index contributed by atoms with van der Waals surface area (Å²) in [5, 5.41) is 4.10. The van der Waals surface area contributed by atoms with Gasteiger partial charge in [-0.1, -0.05) is 6.08 Å². The third-order valence-electron chi connectivity index (χ3n) is 3.52. The van der Waals surface area contributed by atoms with Crippen molar-refractivity contribution in [1.29, 1.82) is 0 Å². The van der Waals surface area contributed by atoms with E-state index in [1.807, 2.05) is 19.1 Å². The molecule has 2 heterocycles. The van der Waals surface area contributed by atoms with Gasteiger partial charge in [-0.3, -0.25) is 9.48 Å². The van der Waals surface area contributed by atoms with Crippen molar-refractivity contribution < 1.29 is 19.0 Å². The summed E-state index contributed by atoms with van der Waals surface area (Å²) in [6, 6.07) is 3.64. The Morgan fingerprint density at radius 1 is 1.39 bits per heavy atom. The molecule has 120 valence electrons. The van der Waals surface area contributed by atoms with Gasteiger partial charge in [0.2, 0.25) is 5.75 Å². The minimum Gasteiger partial charge on any atom is -0.493 e. The van der Waals surface area contributed by atoms with Crippen LogP contribution < -0.4 is 14.2 Å². The molecule has 0 aliphatic carbocycles. The van der Waals surface area contributed by atoms with Crippen LogP contribution in [0.4, 0.5) is 0 Å². The maximum Gasteiger partial charge on any atom is 0.203 e. The summed E-state index contributed by atoms with van der Waals surface area (Å²) < 4.78 is 18.2. The standard InChI is InChI=1S/C17H18N2O4/c1-3-19-11-13(10-18-19)14(20)5-4-12-8-15(21-2)17-16(9-12)22-6-7-23-17/h4-5,8-11H,3,6-7H2,1-2H3/b5-4+. The average Bonchev–Trinajstić information content (AvgIpc) is 3.08. The molecule has 0 saturated carbocycles. The number of allylic oxidation sites excluding steroid dienone is 1. The molecule has 1 aliphatic heterocycles. The minimum absolute atomic E-state index is 0.0986. The van der Waals surface area contributed by atoms with Gasteiger partial charge in [-0.25, -0.2) is 0 Å². The number of ketones is 1. The van der Waals surface area contributed by atoms with Gasteiger partial charge in [-0.05, 0) is 30.7 Å². The molecule has 0 saturated heterocycles. The van der Waals surface area contributed by atoms with E-state index in [0.29, 0.717) is 36.0 Å². The average molecular weight is 314 g/mol. The third-order valence-corrected chi connectivity index (χ3v) is 3.52. The smallest absolute Gasteiger partial charge is 0.203 e. The molecule has 0 radical (unpaired) electrons. The molecule has 0 bridgehead atoms. The van der Waals surface area contributed by atoms with Gasteiger partial charge in [0.05, 0.1) is 18.9 Å². The van der Waals surface area contributed by atoms with Crippen LogP contribution in [0.15, 0.2) is 30.6 Å². The Balaban J connectivity index is 1.83. The number of aromatic nitrogens is 2. The van der Waals surface area contributed by atoms with Crippen LogP contribution in [0.2, 0.25) is 0 Å². The van der Waals surface area contributed by atoms with Gasteiger partial charge in [-0.15, -0.1) is 0 Å². The second kappa shape index (κ2) is 6.56. The third kappa shape index (κ3) is 3.21. The zero-order chi connectivity index (χ0) is 16.2. The van der Waals surface area contributed by atoms with Crippen molar-refractivity contribution in [3.05, 3.63) is 41.7 Å². The zero-order valence-corrected chi connectivity index (χ0v) is 13.1. The highest BCUT2D eigenvalue weighted by atomic mass is 16.6. The van der Waals surface area contributed by atoms with E-state index < -0.39 is 0 Å². The summed E-state index contributed by atoms with van der Waals surface area (Å²) in [6.07, 6.45) is 6.55. The molecule has 0 amide bonds. The molecule has 3 rings (SSSR count). The van der Waals surface area contributed by atoms with Gasteiger partial charge < -0.3 is 14.2 Å². The van der Waals surface area contributed by atoms with E-state index in [9.17, 15) is 4.79 Å². The lowest BCUT2D eigenvalue weighted by Crippen LogP contribution is -2.16. The van der Waals surface area contributed by atoms with Gasteiger partial charge in [0.25, 0.3) is 0 Å². The Kier molecular flexibility index (Phi) is 4.32. The van der Waals surface area contributed by atoms with Crippen molar-refractivity contribution in [2.24, 2.45) is 0 Å². The molecule has 1 aromatic carbocycles. The number of fused-ring (bicyclic) bond motifs is 1. The Hall–Kier alpha value is -2.76. The fourth-order valence-corrected chi connectivity index (χ4v) is 2.32. The molecule has 0 unspecified atom stereocenters. The van der Waals surface area contributed by atoms with E-state index in [-0.39, 0.29) is 5.78 Å². The number of benzene rings is 1. The summed E-state index contributed by atoms with van der Waals surface area (Å²) in [6.45, 7) is 3.70. The van der Waals surface area contributed by atoms with Crippen LogP contribution in [0, 0.1) is 0 Å². The molecule has 6 heteroatoms. The Labute approximate surface area is 134 Å². The monoisotopic (exact) mass is 314 g/mol. The van der Waals surface area contributed by atoms with Gasteiger partial charge in [0, 0.05) is 12.7 Å². The molecule has 6 nitrogen and oxygen atoms in total. The minimum atomic E-state index is -0.0986.